The first-order valence-corrected chi connectivity index (χ1v) is 4.69. The van der Waals surface area contributed by atoms with Gasteiger partial charge in [-0.15, -0.1) is 5.10 Å². The van der Waals surface area contributed by atoms with Crippen LogP contribution in [-0.2, 0) is 11.3 Å². The van der Waals surface area contributed by atoms with Crippen molar-refractivity contribution in [2.75, 3.05) is 14.1 Å². The Kier molecular flexibility index (Phi) is 3.96. The van der Waals surface area contributed by atoms with E-state index in [0.29, 0.717) is 31.4 Å². The number of aromatic nitrogens is 3. The number of carbonyl (C=O) groups excluding carboxylic acids is 2. The molecule has 0 aromatic carbocycles. The summed E-state index contributed by atoms with van der Waals surface area (Å²) in [5.41, 5.74) is 0.314. The van der Waals surface area contributed by atoms with E-state index in [1.54, 1.807) is 29.9 Å². The van der Waals surface area contributed by atoms with Gasteiger partial charge in [0.2, 0.25) is 5.91 Å². The van der Waals surface area contributed by atoms with Gasteiger partial charge in [0, 0.05) is 27.1 Å². The van der Waals surface area contributed by atoms with E-state index in [0.717, 1.165) is 0 Å². The Labute approximate surface area is 87.9 Å². The van der Waals surface area contributed by atoms with E-state index in [1.807, 2.05) is 0 Å². The Balaban J connectivity index is 2.31. The Morgan fingerprint density at radius 2 is 2.33 bits per heavy atom. The minimum absolute atomic E-state index is 0.0886. The summed E-state index contributed by atoms with van der Waals surface area (Å²) >= 11 is 0. The molecule has 0 aliphatic rings. The molecule has 82 valence electrons. The van der Waals surface area contributed by atoms with Crippen LogP contribution in [0.1, 0.15) is 23.3 Å². The number of aldehydes is 1. The molecule has 6 heteroatoms. The second-order valence-electron chi connectivity index (χ2n) is 3.42. The first kappa shape index (κ1) is 11.4. The number of aryl methyl sites for hydroxylation is 1. The lowest BCUT2D eigenvalue weighted by molar-refractivity contribution is -0.128. The molecule has 1 aromatic heterocycles. The maximum absolute atomic E-state index is 11.2. The monoisotopic (exact) mass is 210 g/mol. The third-order valence-electron chi connectivity index (χ3n) is 1.95. The maximum atomic E-state index is 11.2. The lowest BCUT2D eigenvalue weighted by atomic mass is 10.3. The Morgan fingerprint density at radius 1 is 1.60 bits per heavy atom. The zero-order chi connectivity index (χ0) is 11.3. The molecule has 1 aromatic rings. The van der Waals surface area contributed by atoms with Gasteiger partial charge in [-0.25, -0.2) is 0 Å². The summed E-state index contributed by atoms with van der Waals surface area (Å²) in [5, 5.41) is 7.36. The molecule has 0 unspecified atom stereocenters. The van der Waals surface area contributed by atoms with Crippen LogP contribution >= 0.6 is 0 Å². The van der Waals surface area contributed by atoms with Crippen molar-refractivity contribution in [3.05, 3.63) is 11.9 Å². The highest BCUT2D eigenvalue weighted by Crippen LogP contribution is 1.97. The van der Waals surface area contributed by atoms with Gasteiger partial charge in [0.15, 0.2) is 6.29 Å². The van der Waals surface area contributed by atoms with Gasteiger partial charge in [-0.2, -0.15) is 0 Å². The second kappa shape index (κ2) is 5.23. The highest BCUT2D eigenvalue weighted by Gasteiger charge is 2.04. The van der Waals surface area contributed by atoms with Crippen LogP contribution in [0.2, 0.25) is 0 Å². The average Bonchev–Trinajstić information content (AvgIpc) is 2.65. The number of hydrogen-bond donors (Lipinski definition) is 0. The Morgan fingerprint density at radius 3 is 2.87 bits per heavy atom. The average molecular weight is 210 g/mol. The molecule has 1 amide bonds. The van der Waals surface area contributed by atoms with Crippen LogP contribution in [0.15, 0.2) is 6.20 Å². The lowest BCUT2D eigenvalue weighted by Crippen LogP contribution is -2.21. The van der Waals surface area contributed by atoms with Crippen LogP contribution < -0.4 is 0 Å². The standard InChI is InChI=1S/C9H14N4O2/c1-12(2)9(15)4-3-5-13-6-8(7-14)10-11-13/h6-7H,3-5H2,1-2H3. The van der Waals surface area contributed by atoms with E-state index in [-0.39, 0.29) is 5.91 Å². The van der Waals surface area contributed by atoms with Crippen LogP contribution in [0, 0.1) is 0 Å². The van der Waals surface area contributed by atoms with Gasteiger partial charge in [0.1, 0.15) is 5.69 Å². The van der Waals surface area contributed by atoms with Crippen molar-refractivity contribution in [1.82, 2.24) is 19.9 Å². The minimum atomic E-state index is 0.0886. The topological polar surface area (TPSA) is 68.1 Å². The normalized spacial score (nSPS) is 10.0. The molecular weight excluding hydrogens is 196 g/mol. The smallest absolute Gasteiger partial charge is 0.222 e. The fourth-order valence-corrected chi connectivity index (χ4v) is 1.09. The first-order valence-electron chi connectivity index (χ1n) is 4.69. The molecule has 0 fully saturated rings. The quantitative estimate of drug-likeness (QED) is 0.639. The largest absolute Gasteiger partial charge is 0.349 e. The highest BCUT2D eigenvalue weighted by atomic mass is 16.2. The molecule has 0 saturated carbocycles. The van der Waals surface area contributed by atoms with Crippen LogP contribution in [0.3, 0.4) is 0 Å². The van der Waals surface area contributed by atoms with E-state index in [4.69, 9.17) is 0 Å². The number of rotatable bonds is 5. The van der Waals surface area contributed by atoms with Crippen LogP contribution in [0.25, 0.3) is 0 Å². The van der Waals surface area contributed by atoms with E-state index in [2.05, 4.69) is 10.3 Å². The molecule has 0 radical (unpaired) electrons. The van der Waals surface area contributed by atoms with Gasteiger partial charge in [-0.1, -0.05) is 5.21 Å². The van der Waals surface area contributed by atoms with E-state index < -0.39 is 0 Å². The third kappa shape index (κ3) is 3.49. The fourth-order valence-electron chi connectivity index (χ4n) is 1.09. The zero-order valence-electron chi connectivity index (χ0n) is 8.88. The summed E-state index contributed by atoms with van der Waals surface area (Å²) in [7, 11) is 3.45. The summed E-state index contributed by atoms with van der Waals surface area (Å²) in [5.74, 6) is 0.0886. The molecule has 6 nitrogen and oxygen atoms in total. The molecule has 0 aliphatic carbocycles. The van der Waals surface area contributed by atoms with Crippen LogP contribution in [0.5, 0.6) is 0 Å². The number of carbonyl (C=O) groups is 2. The summed E-state index contributed by atoms with van der Waals surface area (Å²) in [4.78, 5) is 23.1. The SMILES string of the molecule is CN(C)C(=O)CCCn1cc(C=O)nn1. The van der Waals surface area contributed by atoms with Crippen molar-refractivity contribution in [2.24, 2.45) is 0 Å². The van der Waals surface area contributed by atoms with Crippen molar-refractivity contribution in [1.29, 1.82) is 0 Å². The Bertz CT molecular complexity index is 346. The molecule has 1 rings (SSSR count). The van der Waals surface area contributed by atoms with Crippen molar-refractivity contribution in [3.63, 3.8) is 0 Å². The van der Waals surface area contributed by atoms with Gasteiger partial charge in [0.05, 0.1) is 6.20 Å². The van der Waals surface area contributed by atoms with Crippen LogP contribution in [-0.4, -0.2) is 46.2 Å². The lowest BCUT2D eigenvalue weighted by Gasteiger charge is -2.09. The molecule has 0 saturated heterocycles. The van der Waals surface area contributed by atoms with Gasteiger partial charge in [-0.3, -0.25) is 14.3 Å². The molecule has 0 atom stereocenters. The van der Waals surface area contributed by atoms with Crippen molar-refractivity contribution >= 4 is 12.2 Å². The molecule has 0 N–H and O–H groups in total. The van der Waals surface area contributed by atoms with Crippen molar-refractivity contribution in [2.45, 2.75) is 19.4 Å². The van der Waals surface area contributed by atoms with Gasteiger partial charge in [0.25, 0.3) is 0 Å². The summed E-state index contributed by atoms with van der Waals surface area (Å²) in [6.07, 6.45) is 3.38. The first-order chi connectivity index (χ1) is 7.13. The molecule has 15 heavy (non-hydrogen) atoms. The number of nitrogens with zero attached hydrogens (tertiary/aromatic N) is 4. The van der Waals surface area contributed by atoms with Crippen molar-refractivity contribution < 1.29 is 9.59 Å². The second-order valence-corrected chi connectivity index (χ2v) is 3.42. The van der Waals surface area contributed by atoms with Crippen molar-refractivity contribution in [3.8, 4) is 0 Å². The molecule has 0 aliphatic heterocycles. The van der Waals surface area contributed by atoms with E-state index >= 15 is 0 Å². The number of amides is 1. The predicted molar refractivity (Wildman–Crippen MR) is 53.3 cm³/mol. The zero-order valence-corrected chi connectivity index (χ0v) is 8.88. The maximum Gasteiger partial charge on any atom is 0.222 e. The number of hydrogen-bond acceptors (Lipinski definition) is 4. The fraction of sp³-hybridized carbons (Fsp3) is 0.556. The molecule has 0 bridgehead atoms. The molecule has 1 heterocycles. The van der Waals surface area contributed by atoms with Gasteiger partial charge in [-0.05, 0) is 6.42 Å². The van der Waals surface area contributed by atoms with E-state index in [1.165, 1.54) is 0 Å². The minimum Gasteiger partial charge on any atom is -0.349 e. The van der Waals surface area contributed by atoms with E-state index in [9.17, 15) is 9.59 Å². The third-order valence-corrected chi connectivity index (χ3v) is 1.95. The summed E-state index contributed by atoms with van der Waals surface area (Å²) < 4.78 is 1.56. The van der Waals surface area contributed by atoms with Crippen LogP contribution in [0.4, 0.5) is 0 Å². The molecule has 0 spiro atoms. The summed E-state index contributed by atoms with van der Waals surface area (Å²) in [6, 6.07) is 0. The highest BCUT2D eigenvalue weighted by molar-refractivity contribution is 5.75. The Hall–Kier alpha value is -1.72. The molecular formula is C9H14N4O2. The van der Waals surface area contributed by atoms with Gasteiger partial charge < -0.3 is 4.90 Å². The van der Waals surface area contributed by atoms with Gasteiger partial charge >= 0.3 is 0 Å². The predicted octanol–water partition coefficient (Wildman–Crippen LogP) is -0.0410. The summed E-state index contributed by atoms with van der Waals surface area (Å²) in [6.45, 7) is 0.598.